The van der Waals surface area contributed by atoms with E-state index in [1.54, 1.807) is 13.8 Å². The monoisotopic (exact) mass is 111 g/mol. The van der Waals surface area contributed by atoms with Gasteiger partial charge in [-0.2, -0.15) is 5.10 Å². The third-order valence-corrected chi connectivity index (χ3v) is 0.402. The van der Waals surface area contributed by atoms with Gasteiger partial charge in [0.05, 0.1) is 0 Å². The highest BCUT2D eigenvalue weighted by Crippen LogP contribution is 1.71. The molecule has 44 valence electrons. The van der Waals surface area contributed by atoms with Gasteiger partial charge in [0, 0.05) is 12.6 Å². The van der Waals surface area contributed by atoms with Gasteiger partial charge in [-0.05, 0) is 6.92 Å². The van der Waals surface area contributed by atoms with Crippen molar-refractivity contribution in [3.8, 4) is 0 Å². The summed E-state index contributed by atoms with van der Waals surface area (Å²) in [7, 11) is 0. The van der Waals surface area contributed by atoms with E-state index < -0.39 is 0 Å². The second-order valence-corrected chi connectivity index (χ2v) is 1.27. The molecule has 0 amide bonds. The lowest BCUT2D eigenvalue weighted by atomic mass is 10.6. The van der Waals surface area contributed by atoms with E-state index in [0.29, 0.717) is 5.84 Å². The van der Waals surface area contributed by atoms with E-state index in [0.717, 1.165) is 0 Å². The van der Waals surface area contributed by atoms with Gasteiger partial charge in [0.2, 0.25) is 0 Å². The molecule has 2 N–H and O–H groups in total. The standard InChI is InChI=1S/C5H9N3/c1-3-4-7-8-5(2)6/h4H,1-2H3,(H2,6,8)/b7-4+. The third-order valence-electron chi connectivity index (χ3n) is 0.402. The van der Waals surface area contributed by atoms with E-state index in [1.807, 2.05) is 0 Å². The summed E-state index contributed by atoms with van der Waals surface area (Å²) in [5.74, 6) is 0.455. The summed E-state index contributed by atoms with van der Waals surface area (Å²) in [6.45, 7) is 3.41. The Labute approximate surface area is 49.3 Å². The van der Waals surface area contributed by atoms with Crippen LogP contribution in [0, 0.1) is 6.42 Å². The van der Waals surface area contributed by atoms with Crippen LogP contribution in [0.15, 0.2) is 10.2 Å². The fourth-order valence-electron chi connectivity index (χ4n) is 0.178. The molecule has 2 radical (unpaired) electrons. The first-order chi connectivity index (χ1) is 3.77. The van der Waals surface area contributed by atoms with Gasteiger partial charge in [0.1, 0.15) is 5.84 Å². The average Bonchev–Trinajstić information content (AvgIpc) is 1.66. The maximum Gasteiger partial charge on any atom is 0.119 e. The predicted molar refractivity (Wildman–Crippen MR) is 34.7 cm³/mol. The lowest BCUT2D eigenvalue weighted by molar-refractivity contribution is 1.22. The number of nitrogens with two attached hydrogens (primary N) is 1. The topological polar surface area (TPSA) is 50.7 Å². The maximum atomic E-state index is 5.14. The summed E-state index contributed by atoms with van der Waals surface area (Å²) >= 11 is 0. The third kappa shape index (κ3) is 5.14. The normalized spacial score (nSPS) is 13.0. The quantitative estimate of drug-likeness (QED) is 0.314. The van der Waals surface area contributed by atoms with Crippen LogP contribution in [0.25, 0.3) is 0 Å². The van der Waals surface area contributed by atoms with Gasteiger partial charge >= 0.3 is 0 Å². The van der Waals surface area contributed by atoms with Crippen molar-refractivity contribution >= 4 is 12.1 Å². The van der Waals surface area contributed by atoms with E-state index >= 15 is 0 Å². The van der Waals surface area contributed by atoms with Crippen LogP contribution in [0.5, 0.6) is 0 Å². The highest BCUT2D eigenvalue weighted by molar-refractivity contribution is 5.78. The molecule has 0 bridgehead atoms. The number of nitrogens with zero attached hydrogens (tertiary/aromatic N) is 2. The second-order valence-electron chi connectivity index (χ2n) is 1.27. The Balaban J connectivity index is 3.42. The van der Waals surface area contributed by atoms with Crippen LogP contribution in [0.1, 0.15) is 13.8 Å². The molecule has 0 aliphatic rings. The molecule has 0 spiro atoms. The first-order valence-corrected chi connectivity index (χ1v) is 2.26. The summed E-state index contributed by atoms with van der Waals surface area (Å²) in [5.41, 5.74) is 5.14. The van der Waals surface area contributed by atoms with Crippen molar-refractivity contribution in [2.75, 3.05) is 0 Å². The van der Waals surface area contributed by atoms with Gasteiger partial charge in [-0.1, -0.05) is 6.92 Å². The van der Waals surface area contributed by atoms with Crippen molar-refractivity contribution in [3.05, 3.63) is 6.42 Å². The molecule has 0 heterocycles. The van der Waals surface area contributed by atoms with Gasteiger partial charge in [0.25, 0.3) is 0 Å². The fourth-order valence-corrected chi connectivity index (χ4v) is 0.178. The van der Waals surface area contributed by atoms with Crippen LogP contribution in [-0.2, 0) is 0 Å². The first kappa shape index (κ1) is 7.14. The summed E-state index contributed by atoms with van der Waals surface area (Å²) in [5, 5.41) is 7.03. The fraction of sp³-hybridized carbons (Fsp3) is 0.400. The smallest absolute Gasteiger partial charge is 0.119 e. The Kier molecular flexibility index (Phi) is 3.84. The molecule has 3 nitrogen and oxygen atoms in total. The van der Waals surface area contributed by atoms with Crippen molar-refractivity contribution in [1.29, 1.82) is 0 Å². The van der Waals surface area contributed by atoms with Gasteiger partial charge in [0.15, 0.2) is 0 Å². The van der Waals surface area contributed by atoms with Crippen molar-refractivity contribution in [2.24, 2.45) is 15.9 Å². The molecular formula is C5H9N3. The molecule has 0 aliphatic carbocycles. The molecule has 0 atom stereocenters. The SMILES string of the molecule is C[C]/C=N/N=C(/C)N. The van der Waals surface area contributed by atoms with Crippen LogP contribution < -0.4 is 5.73 Å². The minimum absolute atomic E-state index is 0.455. The molecule has 0 rings (SSSR count). The van der Waals surface area contributed by atoms with Crippen LogP contribution in [0.2, 0.25) is 0 Å². The number of amidine groups is 1. The molecule has 0 saturated heterocycles. The van der Waals surface area contributed by atoms with Gasteiger partial charge in [-0.15, -0.1) is 5.10 Å². The van der Waals surface area contributed by atoms with Crippen molar-refractivity contribution in [1.82, 2.24) is 0 Å². The van der Waals surface area contributed by atoms with Crippen LogP contribution in [0.4, 0.5) is 0 Å². The Morgan fingerprint density at radius 1 is 1.75 bits per heavy atom. The van der Waals surface area contributed by atoms with Crippen LogP contribution in [-0.4, -0.2) is 12.1 Å². The Morgan fingerprint density at radius 3 is 2.75 bits per heavy atom. The van der Waals surface area contributed by atoms with E-state index in [-0.39, 0.29) is 0 Å². The van der Waals surface area contributed by atoms with Gasteiger partial charge in [-0.3, -0.25) is 0 Å². The minimum atomic E-state index is 0.455. The zero-order chi connectivity index (χ0) is 6.41. The lowest BCUT2D eigenvalue weighted by Gasteiger charge is -1.79. The lowest BCUT2D eigenvalue weighted by Crippen LogP contribution is -2.03. The molecule has 0 aromatic carbocycles. The molecule has 0 aliphatic heterocycles. The molecule has 0 fully saturated rings. The van der Waals surface area contributed by atoms with Crippen molar-refractivity contribution in [3.63, 3.8) is 0 Å². The minimum Gasteiger partial charge on any atom is -0.386 e. The van der Waals surface area contributed by atoms with E-state index in [2.05, 4.69) is 16.6 Å². The predicted octanol–water partition coefficient (Wildman–Crippen LogP) is 0.450. The Bertz CT molecular complexity index is 100. The molecule has 3 heteroatoms. The summed E-state index contributed by atoms with van der Waals surface area (Å²) in [6.07, 6.45) is 4.12. The highest BCUT2D eigenvalue weighted by Gasteiger charge is 1.70. The zero-order valence-electron chi connectivity index (χ0n) is 5.05. The van der Waals surface area contributed by atoms with E-state index in [4.69, 9.17) is 5.73 Å². The maximum absolute atomic E-state index is 5.14. The summed E-state index contributed by atoms with van der Waals surface area (Å²) < 4.78 is 0. The van der Waals surface area contributed by atoms with Crippen molar-refractivity contribution in [2.45, 2.75) is 13.8 Å². The van der Waals surface area contributed by atoms with Gasteiger partial charge < -0.3 is 5.73 Å². The van der Waals surface area contributed by atoms with Crippen LogP contribution in [0.3, 0.4) is 0 Å². The molecule has 8 heavy (non-hydrogen) atoms. The number of rotatable bonds is 2. The average molecular weight is 111 g/mol. The molecule has 0 aromatic rings. The summed E-state index contributed by atoms with van der Waals surface area (Å²) in [4.78, 5) is 0. The molecule has 0 unspecified atom stereocenters. The summed E-state index contributed by atoms with van der Waals surface area (Å²) in [6, 6.07) is 0. The Hall–Kier alpha value is -0.860. The van der Waals surface area contributed by atoms with Crippen molar-refractivity contribution < 1.29 is 0 Å². The van der Waals surface area contributed by atoms with E-state index in [1.165, 1.54) is 6.21 Å². The number of hydrogen-bond acceptors (Lipinski definition) is 2. The zero-order valence-corrected chi connectivity index (χ0v) is 5.05. The molecule has 0 aromatic heterocycles. The number of hydrogen-bond donors (Lipinski definition) is 1. The van der Waals surface area contributed by atoms with E-state index in [9.17, 15) is 0 Å². The Morgan fingerprint density at radius 2 is 2.38 bits per heavy atom. The second kappa shape index (κ2) is 4.30. The molecule has 0 saturated carbocycles. The van der Waals surface area contributed by atoms with Crippen LogP contribution >= 0.6 is 0 Å². The largest absolute Gasteiger partial charge is 0.386 e. The first-order valence-electron chi connectivity index (χ1n) is 2.26. The molecular weight excluding hydrogens is 102 g/mol. The van der Waals surface area contributed by atoms with Gasteiger partial charge in [-0.25, -0.2) is 0 Å². The highest BCUT2D eigenvalue weighted by atomic mass is 15.2.